The molecule has 1 aromatic rings. The number of hydrogen-bond acceptors (Lipinski definition) is 3. The average Bonchev–Trinajstić information content (AvgIpc) is 2.50. The number of ether oxygens (including phenoxy) is 1. The van der Waals surface area contributed by atoms with Gasteiger partial charge in [-0.3, -0.25) is 4.79 Å². The van der Waals surface area contributed by atoms with Crippen LogP contribution in [0.4, 0.5) is 10.5 Å². The summed E-state index contributed by atoms with van der Waals surface area (Å²) in [7, 11) is 0. The van der Waals surface area contributed by atoms with E-state index in [1.807, 2.05) is 25.1 Å². The molecule has 0 bridgehead atoms. The molecule has 2 amide bonds. The Morgan fingerprint density at radius 3 is 2.64 bits per heavy atom. The quantitative estimate of drug-likeness (QED) is 0.886. The minimum atomic E-state index is -0.289. The van der Waals surface area contributed by atoms with Crippen LogP contribution < -0.4 is 5.32 Å². The third-order valence-corrected chi connectivity index (χ3v) is 4.43. The topological polar surface area (TPSA) is 58.6 Å². The number of carbonyl (C=O) groups excluding carboxylic acids is 2. The number of benzene rings is 1. The van der Waals surface area contributed by atoms with E-state index in [4.69, 9.17) is 4.74 Å². The van der Waals surface area contributed by atoms with Gasteiger partial charge in [0.2, 0.25) is 5.91 Å². The van der Waals surface area contributed by atoms with Gasteiger partial charge in [-0.1, -0.05) is 6.07 Å². The molecule has 0 aliphatic carbocycles. The smallest absolute Gasteiger partial charge is 0.409 e. The number of amides is 2. The summed E-state index contributed by atoms with van der Waals surface area (Å²) < 4.78 is 5.86. The number of hydrogen-bond donors (Lipinski definition) is 1. The number of nitrogens with one attached hydrogen (secondary N) is 1. The second-order valence-corrected chi connectivity index (χ2v) is 6.29. The van der Waals surface area contributed by atoms with Gasteiger partial charge in [-0.15, -0.1) is 0 Å². The van der Waals surface area contributed by atoms with Gasteiger partial charge in [-0.2, -0.15) is 0 Å². The van der Waals surface area contributed by atoms with E-state index in [1.54, 1.807) is 11.8 Å². The fourth-order valence-corrected chi connectivity index (χ4v) is 3.09. The molecule has 6 heteroatoms. The maximum absolute atomic E-state index is 12.3. The summed E-state index contributed by atoms with van der Waals surface area (Å²) >= 11 is 3.46. The van der Waals surface area contributed by atoms with Gasteiger partial charge in [0.1, 0.15) is 0 Å². The van der Waals surface area contributed by atoms with Crippen molar-refractivity contribution in [1.82, 2.24) is 4.90 Å². The van der Waals surface area contributed by atoms with Crippen molar-refractivity contribution in [3.63, 3.8) is 0 Å². The van der Waals surface area contributed by atoms with Crippen LogP contribution in [0.2, 0.25) is 0 Å². The number of carbonyl (C=O) groups is 2. The summed E-state index contributed by atoms with van der Waals surface area (Å²) in [6.45, 7) is 5.29. The normalized spacial score (nSPS) is 15.5. The van der Waals surface area contributed by atoms with E-state index < -0.39 is 0 Å². The lowest BCUT2D eigenvalue weighted by atomic mass is 9.96. The maximum Gasteiger partial charge on any atom is 0.409 e. The van der Waals surface area contributed by atoms with Crippen molar-refractivity contribution in [2.45, 2.75) is 26.7 Å². The van der Waals surface area contributed by atoms with Crippen molar-refractivity contribution < 1.29 is 14.3 Å². The summed E-state index contributed by atoms with van der Waals surface area (Å²) in [6.07, 6.45) is 1.03. The third-order valence-electron chi connectivity index (χ3n) is 3.77. The maximum atomic E-state index is 12.3. The molecule has 1 fully saturated rings. The summed E-state index contributed by atoms with van der Waals surface area (Å²) in [4.78, 5) is 25.6. The van der Waals surface area contributed by atoms with Gasteiger partial charge >= 0.3 is 6.09 Å². The lowest BCUT2D eigenvalue weighted by Crippen LogP contribution is -2.41. The van der Waals surface area contributed by atoms with Crippen molar-refractivity contribution in [1.29, 1.82) is 0 Å². The second kappa shape index (κ2) is 7.63. The number of piperidine rings is 1. The third kappa shape index (κ3) is 4.22. The molecular formula is C16H21BrN2O3. The van der Waals surface area contributed by atoms with Gasteiger partial charge in [0.05, 0.1) is 12.3 Å². The van der Waals surface area contributed by atoms with Crippen LogP contribution in [0, 0.1) is 12.8 Å². The van der Waals surface area contributed by atoms with E-state index in [9.17, 15) is 9.59 Å². The summed E-state index contributed by atoms with van der Waals surface area (Å²) in [5.41, 5.74) is 1.91. The Morgan fingerprint density at radius 1 is 1.36 bits per heavy atom. The van der Waals surface area contributed by atoms with Crippen molar-refractivity contribution in [2.75, 3.05) is 25.0 Å². The van der Waals surface area contributed by atoms with Gasteiger partial charge in [-0.25, -0.2) is 4.79 Å². The Bertz CT molecular complexity index is 554. The highest BCUT2D eigenvalue weighted by molar-refractivity contribution is 9.10. The number of rotatable bonds is 3. The first-order valence-electron chi connectivity index (χ1n) is 7.50. The molecule has 1 N–H and O–H groups in total. The minimum absolute atomic E-state index is 0.00746. The Hall–Kier alpha value is -1.56. The largest absolute Gasteiger partial charge is 0.450 e. The predicted molar refractivity (Wildman–Crippen MR) is 88.8 cm³/mol. The number of likely N-dealkylation sites (tertiary alicyclic amines) is 1. The summed E-state index contributed by atoms with van der Waals surface area (Å²) in [5.74, 6) is -0.0630. The fourth-order valence-electron chi connectivity index (χ4n) is 2.50. The molecule has 0 radical (unpaired) electrons. The Labute approximate surface area is 139 Å². The molecule has 0 unspecified atom stereocenters. The van der Waals surface area contributed by atoms with Gasteiger partial charge in [-0.05, 0) is 60.3 Å². The van der Waals surface area contributed by atoms with Crippen LogP contribution in [0.5, 0.6) is 0 Å². The highest BCUT2D eigenvalue weighted by Gasteiger charge is 2.28. The molecule has 2 rings (SSSR count). The van der Waals surface area contributed by atoms with Crippen LogP contribution in [0.15, 0.2) is 22.7 Å². The van der Waals surface area contributed by atoms with Crippen LogP contribution in [-0.2, 0) is 9.53 Å². The molecule has 0 atom stereocenters. The zero-order valence-electron chi connectivity index (χ0n) is 12.9. The number of anilines is 1. The molecule has 22 heavy (non-hydrogen) atoms. The monoisotopic (exact) mass is 368 g/mol. The Balaban J connectivity index is 1.88. The zero-order chi connectivity index (χ0) is 16.1. The summed E-state index contributed by atoms with van der Waals surface area (Å²) in [6, 6.07) is 5.83. The first-order valence-corrected chi connectivity index (χ1v) is 8.29. The van der Waals surface area contributed by atoms with Gasteiger partial charge in [0.25, 0.3) is 0 Å². The lowest BCUT2D eigenvalue weighted by molar-refractivity contribution is -0.121. The molecular weight excluding hydrogens is 348 g/mol. The SMILES string of the molecule is CCOC(=O)N1CCC(C(=O)Nc2ccc(C)cc2Br)CC1. The molecule has 0 spiro atoms. The minimum Gasteiger partial charge on any atom is -0.450 e. The molecule has 5 nitrogen and oxygen atoms in total. The fraction of sp³-hybridized carbons (Fsp3) is 0.500. The van der Waals surface area contributed by atoms with Crippen LogP contribution in [-0.4, -0.2) is 36.6 Å². The van der Waals surface area contributed by atoms with Crippen LogP contribution in [0.1, 0.15) is 25.3 Å². The molecule has 0 aromatic heterocycles. The van der Waals surface area contributed by atoms with Crippen molar-refractivity contribution >= 4 is 33.6 Å². The van der Waals surface area contributed by atoms with E-state index in [0.29, 0.717) is 32.5 Å². The van der Waals surface area contributed by atoms with E-state index in [-0.39, 0.29) is 17.9 Å². The van der Waals surface area contributed by atoms with Crippen LogP contribution >= 0.6 is 15.9 Å². The molecule has 1 aliphatic heterocycles. The number of halogens is 1. The van der Waals surface area contributed by atoms with E-state index >= 15 is 0 Å². The number of aryl methyl sites for hydroxylation is 1. The first-order chi connectivity index (χ1) is 10.5. The summed E-state index contributed by atoms with van der Waals surface area (Å²) in [5, 5.41) is 2.96. The molecule has 1 saturated heterocycles. The Kier molecular flexibility index (Phi) is 5.83. The van der Waals surface area contributed by atoms with E-state index in [0.717, 1.165) is 15.7 Å². The van der Waals surface area contributed by atoms with Gasteiger partial charge in [0, 0.05) is 23.5 Å². The van der Waals surface area contributed by atoms with Crippen molar-refractivity contribution in [3.05, 3.63) is 28.2 Å². The Morgan fingerprint density at radius 2 is 2.05 bits per heavy atom. The van der Waals surface area contributed by atoms with Crippen LogP contribution in [0.3, 0.4) is 0 Å². The predicted octanol–water partition coefficient (Wildman–Crippen LogP) is 3.56. The van der Waals surface area contributed by atoms with Crippen molar-refractivity contribution in [2.24, 2.45) is 5.92 Å². The molecule has 1 aliphatic rings. The van der Waals surface area contributed by atoms with E-state index in [1.165, 1.54) is 0 Å². The second-order valence-electron chi connectivity index (χ2n) is 5.43. The molecule has 120 valence electrons. The van der Waals surface area contributed by atoms with E-state index in [2.05, 4.69) is 21.2 Å². The highest BCUT2D eigenvalue weighted by Crippen LogP contribution is 2.25. The standard InChI is InChI=1S/C16H21BrN2O3/c1-3-22-16(21)19-8-6-12(7-9-19)15(20)18-14-5-4-11(2)10-13(14)17/h4-5,10,12H,3,6-9H2,1-2H3,(H,18,20). The van der Waals surface area contributed by atoms with Crippen LogP contribution in [0.25, 0.3) is 0 Å². The average molecular weight is 369 g/mol. The van der Waals surface area contributed by atoms with Crippen molar-refractivity contribution in [3.8, 4) is 0 Å². The lowest BCUT2D eigenvalue weighted by Gasteiger charge is -2.30. The van der Waals surface area contributed by atoms with Gasteiger partial charge < -0.3 is 15.0 Å². The number of nitrogens with zero attached hydrogens (tertiary/aromatic N) is 1. The molecule has 0 saturated carbocycles. The highest BCUT2D eigenvalue weighted by atomic mass is 79.9. The zero-order valence-corrected chi connectivity index (χ0v) is 14.5. The van der Waals surface area contributed by atoms with Gasteiger partial charge in [0.15, 0.2) is 0 Å². The molecule has 1 heterocycles. The first kappa shape index (κ1) is 16.8. The molecule has 1 aromatic carbocycles.